The van der Waals surface area contributed by atoms with E-state index in [1.54, 1.807) is 6.20 Å². The zero-order valence-electron chi connectivity index (χ0n) is 25.0. The van der Waals surface area contributed by atoms with Gasteiger partial charge >= 0.3 is 5.97 Å². The molecule has 44 heavy (non-hydrogen) atoms. The number of amides is 3. The second kappa shape index (κ2) is 13.3. The first kappa shape index (κ1) is 30.8. The van der Waals surface area contributed by atoms with Crippen molar-refractivity contribution < 1.29 is 24.3 Å². The zero-order valence-corrected chi connectivity index (χ0v) is 25.0. The fourth-order valence-electron chi connectivity index (χ4n) is 6.04. The Hall–Kier alpha value is -4.64. The average Bonchev–Trinajstić information content (AvgIpc) is 3.78. The highest BCUT2D eigenvalue weighted by Crippen LogP contribution is 2.24. The van der Waals surface area contributed by atoms with Gasteiger partial charge in [0, 0.05) is 47.2 Å². The van der Waals surface area contributed by atoms with Crippen LogP contribution in [-0.4, -0.2) is 74.4 Å². The first-order chi connectivity index (χ1) is 21.2. The van der Waals surface area contributed by atoms with Crippen molar-refractivity contribution in [1.29, 1.82) is 0 Å². The number of fused-ring (bicyclic) bond motifs is 2. The summed E-state index contributed by atoms with van der Waals surface area (Å²) in [6, 6.07) is 11.5. The van der Waals surface area contributed by atoms with Crippen molar-refractivity contribution in [3.8, 4) is 0 Å². The van der Waals surface area contributed by atoms with Crippen molar-refractivity contribution in [2.75, 3.05) is 6.54 Å². The molecule has 1 fully saturated rings. The van der Waals surface area contributed by atoms with E-state index in [2.05, 4.69) is 20.6 Å². The van der Waals surface area contributed by atoms with Gasteiger partial charge in [0.1, 0.15) is 18.1 Å². The molecule has 0 saturated carbocycles. The first-order valence-electron chi connectivity index (χ1n) is 15.2. The van der Waals surface area contributed by atoms with Crippen LogP contribution in [0.25, 0.3) is 21.8 Å². The van der Waals surface area contributed by atoms with Crippen LogP contribution in [0.3, 0.4) is 0 Å². The molecule has 5 unspecified atom stereocenters. The third-order valence-corrected chi connectivity index (χ3v) is 8.78. The lowest BCUT2D eigenvalue weighted by Gasteiger charge is -2.32. The molecule has 2 aromatic carbocycles. The van der Waals surface area contributed by atoms with Gasteiger partial charge in [-0.25, -0.2) is 4.79 Å². The lowest BCUT2D eigenvalue weighted by atomic mass is 9.96. The van der Waals surface area contributed by atoms with Crippen LogP contribution in [0.15, 0.2) is 60.9 Å². The number of hydrogen-bond acceptors (Lipinski definition) is 5. The number of aromatic amines is 2. The average molecular weight is 601 g/mol. The molecule has 232 valence electrons. The number of carbonyl (C=O) groups excluding carboxylic acids is 3. The Bertz CT molecular complexity index is 1660. The molecule has 0 bridgehead atoms. The monoisotopic (exact) mass is 600 g/mol. The van der Waals surface area contributed by atoms with Crippen LogP contribution in [0.5, 0.6) is 0 Å². The Morgan fingerprint density at radius 1 is 0.955 bits per heavy atom. The number of likely N-dealkylation sites (tertiary alicyclic amines) is 1. The smallest absolute Gasteiger partial charge is 0.326 e. The van der Waals surface area contributed by atoms with Crippen molar-refractivity contribution in [3.63, 3.8) is 0 Å². The maximum atomic E-state index is 13.9. The summed E-state index contributed by atoms with van der Waals surface area (Å²) in [6.45, 7) is 4.14. The highest BCUT2D eigenvalue weighted by Gasteiger charge is 2.40. The first-order valence-corrected chi connectivity index (χ1v) is 15.2. The van der Waals surface area contributed by atoms with Gasteiger partial charge in [-0.2, -0.15) is 0 Å². The minimum atomic E-state index is -1.17. The highest BCUT2D eigenvalue weighted by molar-refractivity contribution is 5.95. The number of nitrogens with zero attached hydrogens (tertiary/aromatic N) is 1. The van der Waals surface area contributed by atoms with Crippen LogP contribution < -0.4 is 16.4 Å². The van der Waals surface area contributed by atoms with Crippen molar-refractivity contribution in [1.82, 2.24) is 25.5 Å². The topological polar surface area (TPSA) is 173 Å². The molecule has 3 amide bonds. The normalized spacial score (nSPS) is 17.7. The van der Waals surface area contributed by atoms with E-state index in [1.165, 1.54) is 4.90 Å². The van der Waals surface area contributed by atoms with Gasteiger partial charge in [-0.15, -0.1) is 0 Å². The summed E-state index contributed by atoms with van der Waals surface area (Å²) in [7, 11) is 0. The van der Waals surface area contributed by atoms with E-state index in [0.717, 1.165) is 32.9 Å². The summed E-state index contributed by atoms with van der Waals surface area (Å²) in [5, 5.41) is 17.4. The van der Waals surface area contributed by atoms with Crippen molar-refractivity contribution in [2.24, 2.45) is 11.7 Å². The molecule has 4 aromatic rings. The molecule has 1 aliphatic heterocycles. The second-order valence-electron chi connectivity index (χ2n) is 11.7. The van der Waals surface area contributed by atoms with Gasteiger partial charge in [0.2, 0.25) is 17.7 Å². The van der Waals surface area contributed by atoms with Crippen LogP contribution in [0.1, 0.15) is 44.2 Å². The minimum absolute atomic E-state index is 0.0889. The molecule has 5 atom stereocenters. The maximum Gasteiger partial charge on any atom is 0.326 e. The number of nitrogens with two attached hydrogens (primary N) is 1. The summed E-state index contributed by atoms with van der Waals surface area (Å²) in [5.74, 6) is -2.71. The van der Waals surface area contributed by atoms with E-state index in [9.17, 15) is 24.3 Å². The van der Waals surface area contributed by atoms with Crippen molar-refractivity contribution in [2.45, 2.75) is 70.1 Å². The van der Waals surface area contributed by atoms with Crippen LogP contribution in [0, 0.1) is 5.92 Å². The zero-order chi connectivity index (χ0) is 31.4. The fourth-order valence-corrected chi connectivity index (χ4v) is 6.04. The van der Waals surface area contributed by atoms with Gasteiger partial charge in [0.15, 0.2) is 0 Å². The van der Waals surface area contributed by atoms with Gasteiger partial charge < -0.3 is 36.3 Å². The van der Waals surface area contributed by atoms with Crippen molar-refractivity contribution in [3.05, 3.63) is 72.1 Å². The molecular formula is C33H40N6O5. The quantitative estimate of drug-likeness (QED) is 0.146. The number of carboxylic acid groups (broad SMARTS) is 1. The summed E-state index contributed by atoms with van der Waals surface area (Å²) in [6.07, 6.45) is 5.57. The number of H-pyrrole nitrogens is 2. The Morgan fingerprint density at radius 2 is 1.55 bits per heavy atom. The summed E-state index contributed by atoms with van der Waals surface area (Å²) >= 11 is 0. The number of rotatable bonds is 12. The Balaban J connectivity index is 1.26. The van der Waals surface area contributed by atoms with Crippen LogP contribution in [0.4, 0.5) is 0 Å². The van der Waals surface area contributed by atoms with Crippen LogP contribution in [0.2, 0.25) is 0 Å². The van der Waals surface area contributed by atoms with E-state index in [1.807, 2.05) is 68.6 Å². The molecule has 5 rings (SSSR count). The fraction of sp³-hybridized carbons (Fsp3) is 0.394. The number of carboxylic acids is 1. The minimum Gasteiger partial charge on any atom is -0.480 e. The van der Waals surface area contributed by atoms with Gasteiger partial charge in [-0.1, -0.05) is 56.7 Å². The van der Waals surface area contributed by atoms with Gasteiger partial charge in [0.25, 0.3) is 0 Å². The number of benzene rings is 2. The predicted molar refractivity (Wildman–Crippen MR) is 168 cm³/mol. The van der Waals surface area contributed by atoms with Crippen LogP contribution >= 0.6 is 0 Å². The van der Waals surface area contributed by atoms with Crippen molar-refractivity contribution >= 4 is 45.5 Å². The number of aliphatic carboxylic acids is 1. The SMILES string of the molecule is CCC(C)C(NC(=O)C(N)Cc1c[nH]c2ccccc12)C(=O)N1CCCC1C(=O)NC(Cc1c[nH]c2ccccc12)C(=O)O. The maximum absolute atomic E-state index is 13.9. The molecule has 0 spiro atoms. The number of para-hydroxylation sites is 2. The highest BCUT2D eigenvalue weighted by atomic mass is 16.4. The van der Waals surface area contributed by atoms with Gasteiger partial charge in [-0.05, 0) is 48.4 Å². The third-order valence-electron chi connectivity index (χ3n) is 8.78. The summed E-state index contributed by atoms with van der Waals surface area (Å²) in [4.78, 5) is 60.6. The number of hydrogen-bond donors (Lipinski definition) is 6. The lowest BCUT2D eigenvalue weighted by molar-refractivity contribution is -0.145. The standard InChI is InChI=1S/C33H40N6O5/c1-3-19(2)29(38-30(40)24(34)15-20-17-35-25-11-6-4-9-22(20)25)32(42)39-14-8-13-28(39)31(41)37-27(33(43)44)16-21-18-36-26-12-7-5-10-23(21)26/h4-7,9-12,17-19,24,27-29,35-36H,3,8,13-16,34H2,1-2H3,(H,37,41)(H,38,40)(H,43,44). The molecule has 0 radical (unpaired) electrons. The third kappa shape index (κ3) is 6.47. The number of aromatic nitrogens is 2. The van der Waals surface area contributed by atoms with Gasteiger partial charge in [0.05, 0.1) is 6.04 Å². The van der Waals surface area contributed by atoms with Gasteiger partial charge in [-0.3, -0.25) is 14.4 Å². The molecule has 1 saturated heterocycles. The van der Waals surface area contributed by atoms with E-state index >= 15 is 0 Å². The molecule has 11 nitrogen and oxygen atoms in total. The molecule has 7 N–H and O–H groups in total. The van der Waals surface area contributed by atoms with E-state index < -0.39 is 42.0 Å². The molecular weight excluding hydrogens is 560 g/mol. The van der Waals surface area contributed by atoms with E-state index in [0.29, 0.717) is 32.2 Å². The Morgan fingerprint density at radius 3 is 2.14 bits per heavy atom. The predicted octanol–water partition coefficient (Wildman–Crippen LogP) is 2.85. The summed E-state index contributed by atoms with van der Waals surface area (Å²) in [5.41, 5.74) is 9.83. The molecule has 1 aliphatic rings. The lowest BCUT2D eigenvalue weighted by Crippen LogP contribution is -2.58. The van der Waals surface area contributed by atoms with E-state index in [-0.39, 0.29) is 18.2 Å². The largest absolute Gasteiger partial charge is 0.480 e. The molecule has 2 aromatic heterocycles. The number of nitrogens with one attached hydrogen (secondary N) is 4. The van der Waals surface area contributed by atoms with E-state index in [4.69, 9.17) is 5.73 Å². The van der Waals surface area contributed by atoms with Crippen LogP contribution in [-0.2, 0) is 32.0 Å². The molecule has 3 heterocycles. The Labute approximate surface area is 255 Å². The molecule has 11 heteroatoms. The second-order valence-corrected chi connectivity index (χ2v) is 11.7. The summed E-state index contributed by atoms with van der Waals surface area (Å²) < 4.78 is 0. The molecule has 0 aliphatic carbocycles. The number of carbonyl (C=O) groups is 4. The Kier molecular flexibility index (Phi) is 9.34.